The van der Waals surface area contributed by atoms with Crippen LogP contribution in [0.2, 0.25) is 0 Å². The SMILES string of the molecule is CO[C@]1(C)CCCN(C)C2(CCN(C)CC2)COC(=O)C(C)C(=O)CC1. The number of carbonyl (C=O) groups is 2. The Balaban J connectivity index is 2.20. The van der Waals surface area contributed by atoms with Gasteiger partial charge in [0.15, 0.2) is 0 Å². The normalized spacial score (nSPS) is 33.2. The van der Waals surface area contributed by atoms with E-state index < -0.39 is 5.92 Å². The quantitative estimate of drug-likeness (QED) is 0.522. The first-order valence-corrected chi connectivity index (χ1v) is 9.86. The van der Waals surface area contributed by atoms with Crippen LogP contribution in [0, 0.1) is 5.92 Å². The first kappa shape index (κ1) is 21.3. The Bertz CT molecular complexity index is 502. The molecule has 0 bridgehead atoms. The largest absolute Gasteiger partial charge is 0.463 e. The number of likely N-dealkylation sites (N-methyl/N-ethyl adjacent to an activating group) is 1. The van der Waals surface area contributed by atoms with Gasteiger partial charge in [0, 0.05) is 13.5 Å². The van der Waals surface area contributed by atoms with Gasteiger partial charge in [-0.2, -0.15) is 0 Å². The van der Waals surface area contributed by atoms with Crippen LogP contribution in [0.25, 0.3) is 0 Å². The summed E-state index contributed by atoms with van der Waals surface area (Å²) in [7, 11) is 5.98. The number of likely N-dealkylation sites (tertiary alicyclic amines) is 1. The third kappa shape index (κ3) is 5.05. The third-order valence-corrected chi connectivity index (χ3v) is 6.64. The third-order valence-electron chi connectivity index (χ3n) is 6.64. The Kier molecular flexibility index (Phi) is 7.22. The highest BCUT2D eigenvalue weighted by Crippen LogP contribution is 2.31. The Morgan fingerprint density at radius 3 is 2.35 bits per heavy atom. The van der Waals surface area contributed by atoms with Crippen molar-refractivity contribution in [3.8, 4) is 0 Å². The van der Waals surface area contributed by atoms with E-state index in [2.05, 4.69) is 30.8 Å². The lowest BCUT2D eigenvalue weighted by Gasteiger charge is -2.46. The zero-order valence-corrected chi connectivity index (χ0v) is 17.2. The Labute approximate surface area is 158 Å². The maximum absolute atomic E-state index is 12.5. The average Bonchev–Trinajstić information content (AvgIpc) is 2.64. The van der Waals surface area contributed by atoms with E-state index in [1.54, 1.807) is 14.0 Å². The van der Waals surface area contributed by atoms with Gasteiger partial charge in [0.1, 0.15) is 18.3 Å². The summed E-state index contributed by atoms with van der Waals surface area (Å²) in [5.74, 6) is -1.14. The van der Waals surface area contributed by atoms with E-state index >= 15 is 0 Å². The molecule has 0 N–H and O–H groups in total. The summed E-state index contributed by atoms with van der Waals surface area (Å²) in [5, 5.41) is 0. The number of methoxy groups -OCH3 is 1. The smallest absolute Gasteiger partial charge is 0.316 e. The van der Waals surface area contributed by atoms with Crippen molar-refractivity contribution >= 4 is 11.8 Å². The minimum absolute atomic E-state index is 0.0525. The van der Waals surface area contributed by atoms with Gasteiger partial charge in [0.25, 0.3) is 0 Å². The van der Waals surface area contributed by atoms with Gasteiger partial charge in [-0.15, -0.1) is 0 Å². The van der Waals surface area contributed by atoms with Crippen molar-refractivity contribution in [2.24, 2.45) is 5.92 Å². The van der Waals surface area contributed by atoms with E-state index in [4.69, 9.17) is 9.47 Å². The van der Waals surface area contributed by atoms with Crippen LogP contribution >= 0.6 is 0 Å². The number of cyclic esters (lactones) is 1. The van der Waals surface area contributed by atoms with Gasteiger partial charge in [0.2, 0.25) is 0 Å². The molecule has 6 heteroatoms. The number of nitrogens with zero attached hydrogens (tertiary/aromatic N) is 2. The summed E-state index contributed by atoms with van der Waals surface area (Å²) in [6, 6.07) is 0. The highest BCUT2D eigenvalue weighted by molar-refractivity contribution is 5.98. The predicted molar refractivity (Wildman–Crippen MR) is 101 cm³/mol. The fraction of sp³-hybridized carbons (Fsp3) is 0.900. The lowest BCUT2D eigenvalue weighted by molar-refractivity contribution is -0.156. The zero-order valence-electron chi connectivity index (χ0n) is 17.2. The van der Waals surface area contributed by atoms with E-state index in [-0.39, 0.29) is 22.9 Å². The van der Waals surface area contributed by atoms with Gasteiger partial charge in [0.05, 0.1) is 11.1 Å². The summed E-state index contributed by atoms with van der Waals surface area (Å²) in [6.07, 6.45) is 4.83. The van der Waals surface area contributed by atoms with Gasteiger partial charge in [-0.25, -0.2) is 0 Å². The van der Waals surface area contributed by atoms with E-state index in [1.165, 1.54) is 0 Å². The number of ether oxygens (including phenoxy) is 2. The molecule has 0 aromatic heterocycles. The van der Waals surface area contributed by atoms with Crippen LogP contribution < -0.4 is 0 Å². The summed E-state index contributed by atoms with van der Waals surface area (Å²) in [4.78, 5) is 29.6. The van der Waals surface area contributed by atoms with Crippen molar-refractivity contribution in [3.05, 3.63) is 0 Å². The molecule has 0 aromatic carbocycles. The average molecular weight is 369 g/mol. The molecule has 1 spiro atoms. The molecule has 2 aliphatic rings. The van der Waals surface area contributed by atoms with E-state index in [1.807, 2.05) is 0 Å². The highest BCUT2D eigenvalue weighted by atomic mass is 16.5. The second-order valence-corrected chi connectivity index (χ2v) is 8.50. The van der Waals surface area contributed by atoms with Gasteiger partial charge < -0.3 is 14.4 Å². The molecule has 2 fully saturated rings. The molecule has 2 rings (SSSR count). The summed E-state index contributed by atoms with van der Waals surface area (Å²) in [6.45, 7) is 7.02. The lowest BCUT2D eigenvalue weighted by Crippen LogP contribution is -2.57. The molecule has 26 heavy (non-hydrogen) atoms. The number of hydrogen-bond acceptors (Lipinski definition) is 6. The molecular formula is C20H36N2O4. The summed E-state index contributed by atoms with van der Waals surface area (Å²) in [5.41, 5.74) is -0.462. The first-order valence-electron chi connectivity index (χ1n) is 9.86. The minimum atomic E-state index is -0.703. The molecule has 0 aliphatic carbocycles. The molecule has 2 heterocycles. The predicted octanol–water partition coefficient (Wildman–Crippen LogP) is 2.11. The number of esters is 1. The lowest BCUT2D eigenvalue weighted by atomic mass is 9.86. The fourth-order valence-electron chi connectivity index (χ4n) is 3.99. The van der Waals surface area contributed by atoms with Crippen molar-refractivity contribution in [1.82, 2.24) is 9.80 Å². The maximum Gasteiger partial charge on any atom is 0.316 e. The van der Waals surface area contributed by atoms with Crippen LogP contribution in [0.5, 0.6) is 0 Å². The molecule has 0 saturated carbocycles. The van der Waals surface area contributed by atoms with E-state index in [9.17, 15) is 9.59 Å². The summed E-state index contributed by atoms with van der Waals surface area (Å²) < 4.78 is 11.4. The van der Waals surface area contributed by atoms with E-state index in [0.717, 1.165) is 45.3 Å². The van der Waals surface area contributed by atoms with Crippen LogP contribution in [-0.4, -0.2) is 80.1 Å². The molecule has 1 unspecified atom stereocenters. The Hall–Kier alpha value is -0.980. The second kappa shape index (κ2) is 8.81. The number of piperidine rings is 1. The molecule has 0 radical (unpaired) electrons. The van der Waals surface area contributed by atoms with Crippen molar-refractivity contribution in [1.29, 1.82) is 0 Å². The molecule has 2 aliphatic heterocycles. The topological polar surface area (TPSA) is 59.1 Å². The molecule has 6 nitrogen and oxygen atoms in total. The molecule has 2 atom stereocenters. The Morgan fingerprint density at radius 2 is 1.73 bits per heavy atom. The van der Waals surface area contributed by atoms with Gasteiger partial charge in [-0.05, 0) is 79.7 Å². The first-order chi connectivity index (χ1) is 12.2. The van der Waals surface area contributed by atoms with Gasteiger partial charge >= 0.3 is 5.97 Å². The number of hydrogen-bond donors (Lipinski definition) is 0. The van der Waals surface area contributed by atoms with Crippen LogP contribution in [0.15, 0.2) is 0 Å². The molecule has 2 saturated heterocycles. The minimum Gasteiger partial charge on any atom is -0.463 e. The van der Waals surface area contributed by atoms with Crippen LogP contribution in [0.1, 0.15) is 52.4 Å². The van der Waals surface area contributed by atoms with Crippen LogP contribution in [0.3, 0.4) is 0 Å². The van der Waals surface area contributed by atoms with E-state index in [0.29, 0.717) is 19.4 Å². The van der Waals surface area contributed by atoms with Gasteiger partial charge in [-0.1, -0.05) is 0 Å². The zero-order chi connectivity index (χ0) is 19.4. The van der Waals surface area contributed by atoms with Crippen molar-refractivity contribution in [2.75, 3.05) is 47.4 Å². The van der Waals surface area contributed by atoms with Crippen LogP contribution in [-0.2, 0) is 19.1 Å². The number of ketones is 1. The molecule has 0 amide bonds. The van der Waals surface area contributed by atoms with Crippen molar-refractivity contribution in [3.63, 3.8) is 0 Å². The monoisotopic (exact) mass is 368 g/mol. The highest BCUT2D eigenvalue weighted by Gasteiger charge is 2.40. The number of rotatable bonds is 1. The standard InChI is InChI=1S/C20H36N2O4/c1-16-17(23)7-9-19(2,25-5)8-6-12-22(4)20(15-26-18(16)24)10-13-21(3)14-11-20/h16H,6-15H2,1-5H3/t16?,19-/m1/s1. The Morgan fingerprint density at radius 1 is 1.08 bits per heavy atom. The second-order valence-electron chi connectivity index (χ2n) is 8.50. The fourth-order valence-corrected chi connectivity index (χ4v) is 3.99. The number of carbonyl (C=O) groups excluding carboxylic acids is 2. The molecular weight excluding hydrogens is 332 g/mol. The van der Waals surface area contributed by atoms with Crippen molar-refractivity contribution < 1.29 is 19.1 Å². The van der Waals surface area contributed by atoms with Crippen molar-refractivity contribution in [2.45, 2.75) is 63.5 Å². The summed E-state index contributed by atoms with van der Waals surface area (Å²) >= 11 is 0. The van der Waals surface area contributed by atoms with Crippen LogP contribution in [0.4, 0.5) is 0 Å². The molecule has 150 valence electrons. The molecule has 0 aromatic rings. The maximum atomic E-state index is 12.5. The van der Waals surface area contributed by atoms with Gasteiger partial charge in [-0.3, -0.25) is 14.5 Å². The number of Topliss-reactive ketones (excluding diaryl/α,β-unsaturated/α-hetero) is 1.